The minimum absolute atomic E-state index is 0.0415. The number of aromatic nitrogens is 1. The SMILES string of the molecule is OC1CC2CC(OCc3c(-c4ccccc4OC(F)(F)F)noc3C3CC3)[C@H]1C2. The summed E-state index contributed by atoms with van der Waals surface area (Å²) in [6.07, 6.45) is -0.517. The number of rotatable bonds is 6. The molecule has 3 saturated carbocycles. The molecule has 3 unspecified atom stereocenters. The van der Waals surface area contributed by atoms with Crippen LogP contribution in [0, 0.1) is 11.8 Å². The first-order valence-electron chi connectivity index (χ1n) is 10.0. The van der Waals surface area contributed by atoms with Gasteiger partial charge in [0, 0.05) is 23.0 Å². The summed E-state index contributed by atoms with van der Waals surface area (Å²) in [6.45, 7) is 0.200. The fraction of sp³-hybridized carbons (Fsp3) is 0.571. The predicted molar refractivity (Wildman–Crippen MR) is 96.0 cm³/mol. The highest BCUT2D eigenvalue weighted by Crippen LogP contribution is 2.48. The number of hydrogen-bond donors (Lipinski definition) is 1. The third-order valence-electron chi connectivity index (χ3n) is 6.29. The second-order valence-electron chi connectivity index (χ2n) is 8.35. The van der Waals surface area contributed by atoms with Crippen LogP contribution in [0.15, 0.2) is 28.8 Å². The maximum atomic E-state index is 12.8. The highest BCUT2D eigenvalue weighted by molar-refractivity contribution is 5.70. The smallest absolute Gasteiger partial charge is 0.405 e. The minimum atomic E-state index is -4.80. The highest BCUT2D eigenvalue weighted by atomic mass is 19.4. The number of para-hydroxylation sites is 1. The molecule has 156 valence electrons. The molecule has 4 atom stereocenters. The Morgan fingerprint density at radius 3 is 2.62 bits per heavy atom. The van der Waals surface area contributed by atoms with Gasteiger partial charge in [0.1, 0.15) is 17.2 Å². The third kappa shape index (κ3) is 3.75. The van der Waals surface area contributed by atoms with Gasteiger partial charge in [-0.05, 0) is 50.2 Å². The van der Waals surface area contributed by atoms with Gasteiger partial charge in [-0.25, -0.2) is 0 Å². The van der Waals surface area contributed by atoms with Gasteiger partial charge in [0.25, 0.3) is 0 Å². The van der Waals surface area contributed by atoms with Crippen LogP contribution in [0.5, 0.6) is 5.75 Å². The first-order valence-corrected chi connectivity index (χ1v) is 10.0. The fourth-order valence-corrected chi connectivity index (χ4v) is 4.85. The molecule has 3 aliphatic carbocycles. The molecule has 29 heavy (non-hydrogen) atoms. The van der Waals surface area contributed by atoms with Crippen molar-refractivity contribution in [2.24, 2.45) is 11.8 Å². The van der Waals surface area contributed by atoms with Crippen molar-refractivity contribution in [1.82, 2.24) is 5.16 Å². The molecule has 0 aliphatic heterocycles. The molecule has 3 fully saturated rings. The quantitative estimate of drug-likeness (QED) is 0.743. The van der Waals surface area contributed by atoms with Crippen LogP contribution in [0.1, 0.15) is 49.3 Å². The van der Waals surface area contributed by atoms with Crippen LogP contribution in [-0.4, -0.2) is 28.8 Å². The van der Waals surface area contributed by atoms with Crippen LogP contribution in [0.25, 0.3) is 11.3 Å². The summed E-state index contributed by atoms with van der Waals surface area (Å²) in [5.74, 6) is 1.23. The number of ether oxygens (including phenoxy) is 2. The lowest BCUT2D eigenvalue weighted by Crippen LogP contribution is -2.30. The van der Waals surface area contributed by atoms with E-state index >= 15 is 0 Å². The summed E-state index contributed by atoms with van der Waals surface area (Å²) in [7, 11) is 0. The zero-order chi connectivity index (χ0) is 20.2. The van der Waals surface area contributed by atoms with Crippen LogP contribution in [-0.2, 0) is 11.3 Å². The Hall–Kier alpha value is -2.06. The van der Waals surface area contributed by atoms with Crippen LogP contribution in [0.3, 0.4) is 0 Å². The first-order chi connectivity index (χ1) is 13.9. The normalized spacial score (nSPS) is 28.8. The molecule has 1 aromatic carbocycles. The topological polar surface area (TPSA) is 64.7 Å². The molecule has 0 radical (unpaired) electrons. The molecule has 3 aliphatic rings. The minimum Gasteiger partial charge on any atom is -0.405 e. The summed E-state index contributed by atoms with van der Waals surface area (Å²) in [5.41, 5.74) is 1.24. The Balaban J connectivity index is 1.43. The van der Waals surface area contributed by atoms with Gasteiger partial charge in [0.05, 0.1) is 18.8 Å². The van der Waals surface area contributed by atoms with Crippen molar-refractivity contribution in [1.29, 1.82) is 0 Å². The van der Waals surface area contributed by atoms with Gasteiger partial charge in [-0.3, -0.25) is 0 Å². The average molecular weight is 409 g/mol. The molecule has 1 N–H and O–H groups in total. The Labute approximate surface area is 165 Å². The van der Waals surface area contributed by atoms with E-state index in [1.54, 1.807) is 12.1 Å². The molecule has 1 aromatic heterocycles. The largest absolute Gasteiger partial charge is 0.573 e. The first kappa shape index (κ1) is 18.9. The van der Waals surface area contributed by atoms with E-state index in [2.05, 4.69) is 9.89 Å². The predicted octanol–water partition coefficient (Wildman–Crippen LogP) is 4.79. The Bertz CT molecular complexity index is 892. The van der Waals surface area contributed by atoms with Crippen LogP contribution in [0.2, 0.25) is 0 Å². The number of aliphatic hydroxyl groups is 1. The number of fused-ring (bicyclic) bond motifs is 2. The van der Waals surface area contributed by atoms with E-state index in [0.717, 1.165) is 32.1 Å². The number of hydrogen-bond acceptors (Lipinski definition) is 5. The number of halogens is 3. The van der Waals surface area contributed by atoms with E-state index in [9.17, 15) is 18.3 Å². The third-order valence-corrected chi connectivity index (χ3v) is 6.29. The summed E-state index contributed by atoms with van der Waals surface area (Å²) < 4.78 is 54.4. The van der Waals surface area contributed by atoms with E-state index in [-0.39, 0.29) is 42.0 Å². The molecule has 8 heteroatoms. The molecule has 0 spiro atoms. The van der Waals surface area contributed by atoms with Crippen molar-refractivity contribution in [2.75, 3.05) is 0 Å². The lowest BCUT2D eigenvalue weighted by Gasteiger charge is -2.26. The molecular formula is C21H22F3NO4. The van der Waals surface area contributed by atoms with Crippen molar-refractivity contribution in [3.63, 3.8) is 0 Å². The van der Waals surface area contributed by atoms with E-state index in [1.807, 2.05) is 0 Å². The molecular weight excluding hydrogens is 387 g/mol. The summed E-state index contributed by atoms with van der Waals surface area (Å²) >= 11 is 0. The Morgan fingerprint density at radius 2 is 1.93 bits per heavy atom. The van der Waals surface area contributed by atoms with E-state index in [0.29, 0.717) is 22.9 Å². The highest BCUT2D eigenvalue weighted by Gasteiger charge is 2.46. The molecule has 0 saturated heterocycles. The number of alkyl halides is 3. The summed E-state index contributed by atoms with van der Waals surface area (Å²) in [6, 6.07) is 5.94. The van der Waals surface area contributed by atoms with Crippen LogP contribution >= 0.6 is 0 Å². The van der Waals surface area contributed by atoms with Gasteiger partial charge in [-0.1, -0.05) is 17.3 Å². The van der Waals surface area contributed by atoms with Crippen molar-refractivity contribution in [3.05, 3.63) is 35.6 Å². The van der Waals surface area contributed by atoms with Crippen molar-refractivity contribution in [3.8, 4) is 17.0 Å². The maximum absolute atomic E-state index is 12.8. The number of nitrogens with zero attached hydrogens (tertiary/aromatic N) is 1. The standard InChI is InChI=1S/C21H22F3NO4/c22-21(23,24)28-17-4-2-1-3-13(17)19-15(20(29-25-19)12-5-6-12)10-27-18-9-11-7-14(18)16(26)8-11/h1-4,11-12,14,16,18,26H,5-10H2/t11?,14-,16?,18?/m0/s1. The molecule has 2 aromatic rings. The molecule has 5 nitrogen and oxygen atoms in total. The Kier molecular flexibility index (Phi) is 4.58. The van der Waals surface area contributed by atoms with Gasteiger partial charge in [0.2, 0.25) is 0 Å². The Morgan fingerprint density at radius 1 is 1.14 bits per heavy atom. The van der Waals surface area contributed by atoms with E-state index < -0.39 is 6.36 Å². The second kappa shape index (κ2) is 7.02. The van der Waals surface area contributed by atoms with Gasteiger partial charge in [-0.2, -0.15) is 0 Å². The molecule has 0 amide bonds. The van der Waals surface area contributed by atoms with Crippen LogP contribution in [0.4, 0.5) is 13.2 Å². The summed E-state index contributed by atoms with van der Waals surface area (Å²) in [5, 5.41) is 14.2. The zero-order valence-electron chi connectivity index (χ0n) is 15.7. The van der Waals surface area contributed by atoms with Crippen LogP contribution < -0.4 is 4.74 Å². The van der Waals surface area contributed by atoms with Gasteiger partial charge >= 0.3 is 6.36 Å². The summed E-state index contributed by atoms with van der Waals surface area (Å²) in [4.78, 5) is 0. The lowest BCUT2D eigenvalue weighted by molar-refractivity contribution is -0.274. The number of benzene rings is 1. The molecule has 1 heterocycles. The van der Waals surface area contributed by atoms with E-state index in [1.165, 1.54) is 12.1 Å². The van der Waals surface area contributed by atoms with Crippen molar-refractivity contribution >= 4 is 0 Å². The van der Waals surface area contributed by atoms with Crippen molar-refractivity contribution in [2.45, 2.75) is 63.2 Å². The van der Waals surface area contributed by atoms with Crippen molar-refractivity contribution < 1.29 is 32.3 Å². The monoisotopic (exact) mass is 409 g/mol. The lowest BCUT2D eigenvalue weighted by atomic mass is 9.95. The van der Waals surface area contributed by atoms with Gasteiger partial charge in [-0.15, -0.1) is 13.2 Å². The zero-order valence-corrected chi connectivity index (χ0v) is 15.7. The van der Waals surface area contributed by atoms with Gasteiger partial charge < -0.3 is 19.1 Å². The average Bonchev–Trinajstić information content (AvgIpc) is 3.14. The second-order valence-corrected chi connectivity index (χ2v) is 8.35. The van der Waals surface area contributed by atoms with E-state index in [4.69, 9.17) is 9.26 Å². The fourth-order valence-electron chi connectivity index (χ4n) is 4.85. The molecule has 2 bridgehead atoms. The molecule has 5 rings (SSSR count). The number of aliphatic hydroxyl groups excluding tert-OH is 1. The van der Waals surface area contributed by atoms with Gasteiger partial charge in [0.15, 0.2) is 0 Å². The maximum Gasteiger partial charge on any atom is 0.573 e.